The molecule has 2 fully saturated rings. The van der Waals surface area contributed by atoms with Crippen molar-refractivity contribution in [1.82, 2.24) is 40.4 Å². The lowest BCUT2D eigenvalue weighted by molar-refractivity contribution is -0.157. The third-order valence-corrected chi connectivity index (χ3v) is 8.29. The predicted octanol–water partition coefficient (Wildman–Crippen LogP) is -1.15. The van der Waals surface area contributed by atoms with Crippen LogP contribution in [0.4, 0.5) is 5.82 Å². The van der Waals surface area contributed by atoms with Crippen molar-refractivity contribution in [3.8, 4) is 0 Å². The number of thioether (sulfide) groups is 2. The SMILES string of the molecule is C=CCn1nnnc1SCC1(C(=O)O)CS[C@@H]2C(NC(=O)C(=NOC)c3nccc(N)n3)C(=O)N2C1. The largest absolute Gasteiger partial charge is 0.481 e. The number of tetrazole rings is 1. The van der Waals surface area contributed by atoms with E-state index in [9.17, 15) is 19.5 Å². The van der Waals surface area contributed by atoms with Gasteiger partial charge in [-0.3, -0.25) is 14.4 Å². The molecule has 36 heavy (non-hydrogen) atoms. The number of amides is 2. The summed E-state index contributed by atoms with van der Waals surface area (Å²) in [6, 6.07) is 0.579. The first-order valence-corrected chi connectivity index (χ1v) is 12.5. The molecule has 4 rings (SSSR count). The number of aromatic nitrogens is 6. The van der Waals surface area contributed by atoms with Gasteiger partial charge in [0.25, 0.3) is 5.91 Å². The Labute approximate surface area is 212 Å². The second-order valence-corrected chi connectivity index (χ2v) is 9.90. The number of nitrogens with one attached hydrogen (secondary N) is 1. The maximum Gasteiger partial charge on any atom is 0.313 e. The van der Waals surface area contributed by atoms with Gasteiger partial charge >= 0.3 is 5.97 Å². The number of β-lactam (4-membered cyclic amide) rings is 1. The minimum atomic E-state index is -1.22. The summed E-state index contributed by atoms with van der Waals surface area (Å²) >= 11 is 2.48. The summed E-state index contributed by atoms with van der Waals surface area (Å²) in [6.07, 6.45) is 2.99. The minimum absolute atomic E-state index is 0.0153. The van der Waals surface area contributed by atoms with Crippen LogP contribution in [-0.2, 0) is 25.8 Å². The molecule has 2 aromatic rings. The molecule has 4 heterocycles. The van der Waals surface area contributed by atoms with E-state index in [-0.39, 0.29) is 35.4 Å². The van der Waals surface area contributed by atoms with Gasteiger partial charge in [-0.15, -0.1) is 23.4 Å². The van der Waals surface area contributed by atoms with Crippen molar-refractivity contribution in [2.24, 2.45) is 10.6 Å². The third kappa shape index (κ3) is 4.83. The van der Waals surface area contributed by atoms with E-state index in [1.54, 1.807) is 6.08 Å². The number of fused-ring (bicyclic) bond motifs is 1. The molecule has 2 aliphatic heterocycles. The van der Waals surface area contributed by atoms with E-state index in [2.05, 4.69) is 42.5 Å². The van der Waals surface area contributed by atoms with Gasteiger partial charge in [-0.1, -0.05) is 23.0 Å². The lowest BCUT2D eigenvalue weighted by Gasteiger charge is -2.53. The zero-order chi connectivity index (χ0) is 25.9. The van der Waals surface area contributed by atoms with Crippen LogP contribution in [0.5, 0.6) is 0 Å². The zero-order valence-electron chi connectivity index (χ0n) is 19.0. The number of hydrogen-bond acceptors (Lipinski definition) is 13. The second-order valence-electron chi connectivity index (χ2n) is 7.85. The highest BCUT2D eigenvalue weighted by Gasteiger charge is 2.57. The highest BCUT2D eigenvalue weighted by atomic mass is 32.2. The number of carbonyl (C=O) groups is 3. The van der Waals surface area contributed by atoms with Crippen LogP contribution in [0, 0.1) is 5.41 Å². The van der Waals surface area contributed by atoms with Crippen LogP contribution in [0.3, 0.4) is 0 Å². The number of carbonyl (C=O) groups excluding carboxylic acids is 2. The molecule has 17 heteroatoms. The van der Waals surface area contributed by atoms with Crippen molar-refractivity contribution in [3.05, 3.63) is 30.7 Å². The van der Waals surface area contributed by atoms with Crippen LogP contribution >= 0.6 is 23.5 Å². The topological polar surface area (TPSA) is 204 Å². The zero-order valence-corrected chi connectivity index (χ0v) is 20.6. The number of nitrogen functional groups attached to an aromatic ring is 1. The molecule has 0 saturated carbocycles. The Kier molecular flexibility index (Phi) is 7.39. The van der Waals surface area contributed by atoms with Crippen LogP contribution in [0.25, 0.3) is 0 Å². The smallest absolute Gasteiger partial charge is 0.313 e. The van der Waals surface area contributed by atoms with E-state index in [0.29, 0.717) is 11.7 Å². The lowest BCUT2D eigenvalue weighted by Crippen LogP contribution is -2.74. The number of carboxylic acids is 1. The number of rotatable bonds is 10. The van der Waals surface area contributed by atoms with E-state index in [1.807, 2.05) is 0 Å². The number of nitrogens with two attached hydrogens (primary N) is 1. The van der Waals surface area contributed by atoms with Crippen molar-refractivity contribution in [1.29, 1.82) is 0 Å². The van der Waals surface area contributed by atoms with Gasteiger partial charge in [-0.25, -0.2) is 14.6 Å². The van der Waals surface area contributed by atoms with Crippen molar-refractivity contribution in [2.45, 2.75) is 23.1 Å². The van der Waals surface area contributed by atoms with Gasteiger partial charge < -0.3 is 25.9 Å². The minimum Gasteiger partial charge on any atom is -0.481 e. The van der Waals surface area contributed by atoms with E-state index in [4.69, 9.17) is 10.6 Å². The van der Waals surface area contributed by atoms with Crippen molar-refractivity contribution >= 4 is 52.8 Å². The third-order valence-electron chi connectivity index (χ3n) is 5.45. The Bertz CT molecular complexity index is 1220. The quantitative estimate of drug-likeness (QED) is 0.108. The average molecular weight is 535 g/mol. The standard InChI is InChI=1S/C19H22N10O5S2/c1-3-6-29-18(24-26-27-29)36-9-19(17(32)33)7-28-15(31)12(16(28)35-8-19)23-14(30)11(25-34-2)13-21-5-4-10(20)22-13/h3-5,12,16H,1,6-9H2,2H3,(H,23,30)(H,32,33)(H2,20,21,22)/t12?,16-,19?/m1/s1. The van der Waals surface area contributed by atoms with Crippen LogP contribution in [0.2, 0.25) is 0 Å². The Balaban J connectivity index is 1.43. The molecule has 2 aromatic heterocycles. The summed E-state index contributed by atoms with van der Waals surface area (Å²) in [5, 5.41) is 27.8. The first-order valence-electron chi connectivity index (χ1n) is 10.5. The Morgan fingerprint density at radius 2 is 2.33 bits per heavy atom. The first-order chi connectivity index (χ1) is 17.3. The van der Waals surface area contributed by atoms with Gasteiger partial charge in [-0.2, -0.15) is 0 Å². The van der Waals surface area contributed by atoms with E-state index in [1.165, 1.54) is 52.5 Å². The summed E-state index contributed by atoms with van der Waals surface area (Å²) in [6.45, 7) is 4.02. The molecule has 2 aliphatic rings. The maximum atomic E-state index is 12.9. The summed E-state index contributed by atoms with van der Waals surface area (Å²) in [5.41, 5.74) is 4.19. The molecule has 0 bridgehead atoms. The predicted molar refractivity (Wildman–Crippen MR) is 129 cm³/mol. The van der Waals surface area contributed by atoms with Crippen molar-refractivity contribution < 1.29 is 24.3 Å². The van der Waals surface area contributed by atoms with E-state index in [0.717, 1.165) is 0 Å². The number of aliphatic carboxylic acids is 1. The Hall–Kier alpha value is -3.73. The molecule has 4 N–H and O–H groups in total. The van der Waals surface area contributed by atoms with E-state index >= 15 is 0 Å². The number of allylic oxidation sites excluding steroid dienone is 1. The Morgan fingerprint density at radius 3 is 3.03 bits per heavy atom. The van der Waals surface area contributed by atoms with Gasteiger partial charge in [-0.05, 0) is 16.5 Å². The van der Waals surface area contributed by atoms with E-state index < -0.39 is 34.6 Å². The fourth-order valence-corrected chi connectivity index (χ4v) is 6.36. The normalized spacial score (nSPS) is 23.4. The fraction of sp³-hybridized carbons (Fsp3) is 0.421. The lowest BCUT2D eigenvalue weighted by atomic mass is 9.89. The average Bonchev–Trinajstić information content (AvgIpc) is 3.31. The molecule has 0 spiro atoms. The molecule has 0 radical (unpaired) electrons. The van der Waals surface area contributed by atoms with Crippen LogP contribution < -0.4 is 11.1 Å². The van der Waals surface area contributed by atoms with Gasteiger partial charge in [0, 0.05) is 24.2 Å². The van der Waals surface area contributed by atoms with Gasteiger partial charge in [0.15, 0.2) is 5.82 Å². The maximum absolute atomic E-state index is 12.9. The molecule has 15 nitrogen and oxygen atoms in total. The number of oxime groups is 1. The summed E-state index contributed by atoms with van der Waals surface area (Å²) < 4.78 is 1.51. The molecule has 3 atom stereocenters. The molecule has 2 amide bonds. The molecular weight excluding hydrogens is 512 g/mol. The van der Waals surface area contributed by atoms with Gasteiger partial charge in [0.05, 0.1) is 6.54 Å². The molecule has 2 unspecified atom stereocenters. The fourth-order valence-electron chi connectivity index (χ4n) is 3.62. The van der Waals surface area contributed by atoms with Crippen LogP contribution in [-0.4, -0.2) is 100 Å². The number of nitrogens with zero attached hydrogens (tertiary/aromatic N) is 8. The van der Waals surface area contributed by atoms with Crippen molar-refractivity contribution in [2.75, 3.05) is 30.9 Å². The number of anilines is 1. The highest BCUT2D eigenvalue weighted by molar-refractivity contribution is 8.00. The summed E-state index contributed by atoms with van der Waals surface area (Å²) in [7, 11) is 1.26. The molecule has 0 aliphatic carbocycles. The molecule has 0 aromatic carbocycles. The Morgan fingerprint density at radius 1 is 1.53 bits per heavy atom. The molecule has 2 saturated heterocycles. The van der Waals surface area contributed by atoms with Gasteiger partial charge in [0.2, 0.25) is 16.8 Å². The highest BCUT2D eigenvalue weighted by Crippen LogP contribution is 2.44. The molecular formula is C19H22N10O5S2. The first kappa shape index (κ1) is 25.4. The van der Waals surface area contributed by atoms with Gasteiger partial charge in [0.1, 0.15) is 29.8 Å². The summed E-state index contributed by atoms with van der Waals surface area (Å²) in [4.78, 5) is 52.2. The molecule has 190 valence electrons. The van der Waals surface area contributed by atoms with Crippen LogP contribution in [0.15, 0.2) is 35.2 Å². The summed E-state index contributed by atoms with van der Waals surface area (Å²) in [5.74, 6) is -1.72. The van der Waals surface area contributed by atoms with Crippen molar-refractivity contribution in [3.63, 3.8) is 0 Å². The number of hydrogen-bond donors (Lipinski definition) is 3. The van der Waals surface area contributed by atoms with Crippen LogP contribution in [0.1, 0.15) is 5.82 Å². The number of carboxylic acid groups (broad SMARTS) is 1. The monoisotopic (exact) mass is 534 g/mol. The second kappa shape index (κ2) is 10.5.